The number of nitrogens with zero attached hydrogens (tertiary/aromatic N) is 1. The number of carboxylic acid groups (broad SMARTS) is 1. The second kappa shape index (κ2) is 6.31. The van der Waals surface area contributed by atoms with E-state index in [1.54, 1.807) is 0 Å². The second-order valence-corrected chi connectivity index (χ2v) is 4.58. The van der Waals surface area contributed by atoms with Crippen LogP contribution in [-0.2, 0) is 0 Å². The van der Waals surface area contributed by atoms with Gasteiger partial charge in [0.05, 0.1) is 17.6 Å². The maximum Gasteiger partial charge on any atom is 0.335 e. The standard InChI is InChI=1S/C14H10ClNO6/c1-21-13-6-8(14(17)18)2-4-12(13)22-11-5-3-9(15)7-10(11)16(19)20/h2-7H,1H3,(H,17,18). The van der Waals surface area contributed by atoms with Crippen molar-refractivity contribution in [1.82, 2.24) is 0 Å². The molecule has 0 saturated heterocycles. The normalized spacial score (nSPS) is 10.1. The fourth-order valence-electron chi connectivity index (χ4n) is 1.72. The van der Waals surface area contributed by atoms with Crippen molar-refractivity contribution in [3.05, 3.63) is 57.1 Å². The highest BCUT2D eigenvalue weighted by Gasteiger charge is 2.18. The van der Waals surface area contributed by atoms with Crippen LogP contribution < -0.4 is 9.47 Å². The Hall–Kier alpha value is -2.80. The summed E-state index contributed by atoms with van der Waals surface area (Å²) in [6.45, 7) is 0. The van der Waals surface area contributed by atoms with E-state index in [4.69, 9.17) is 26.2 Å². The van der Waals surface area contributed by atoms with Crippen LogP contribution in [0.1, 0.15) is 10.4 Å². The minimum Gasteiger partial charge on any atom is -0.493 e. The number of carboxylic acids is 1. The minimum absolute atomic E-state index is 0.00908. The van der Waals surface area contributed by atoms with Crippen molar-refractivity contribution >= 4 is 23.3 Å². The van der Waals surface area contributed by atoms with Crippen LogP contribution in [0.25, 0.3) is 0 Å². The molecule has 0 aliphatic rings. The molecule has 0 unspecified atom stereocenters. The summed E-state index contributed by atoms with van der Waals surface area (Å²) in [4.78, 5) is 21.3. The summed E-state index contributed by atoms with van der Waals surface area (Å²) in [5.74, 6) is -0.861. The Kier molecular flexibility index (Phi) is 4.47. The number of rotatable bonds is 5. The highest BCUT2D eigenvalue weighted by Crippen LogP contribution is 2.37. The summed E-state index contributed by atoms with van der Waals surface area (Å²) in [5.41, 5.74) is -0.299. The van der Waals surface area contributed by atoms with Crippen LogP contribution in [0.3, 0.4) is 0 Å². The van der Waals surface area contributed by atoms with Gasteiger partial charge in [-0.3, -0.25) is 10.1 Å². The minimum atomic E-state index is -1.12. The van der Waals surface area contributed by atoms with Gasteiger partial charge in [-0.05, 0) is 30.3 Å². The molecule has 7 nitrogen and oxygen atoms in total. The largest absolute Gasteiger partial charge is 0.493 e. The van der Waals surface area contributed by atoms with Gasteiger partial charge in [0.25, 0.3) is 0 Å². The number of nitro benzene ring substituents is 1. The van der Waals surface area contributed by atoms with Gasteiger partial charge in [-0.2, -0.15) is 0 Å². The van der Waals surface area contributed by atoms with E-state index in [0.717, 1.165) is 6.07 Å². The number of halogens is 1. The Bertz CT molecular complexity index is 746. The maximum atomic E-state index is 11.0. The average Bonchev–Trinajstić information content (AvgIpc) is 2.48. The number of nitro groups is 1. The highest BCUT2D eigenvalue weighted by atomic mass is 35.5. The molecule has 0 saturated carbocycles. The molecule has 114 valence electrons. The first kappa shape index (κ1) is 15.6. The number of methoxy groups -OCH3 is 1. The smallest absolute Gasteiger partial charge is 0.335 e. The lowest BCUT2D eigenvalue weighted by molar-refractivity contribution is -0.385. The third-order valence-corrected chi connectivity index (χ3v) is 2.98. The monoisotopic (exact) mass is 323 g/mol. The van der Waals surface area contributed by atoms with Crippen molar-refractivity contribution in [3.8, 4) is 17.2 Å². The second-order valence-electron chi connectivity index (χ2n) is 4.14. The van der Waals surface area contributed by atoms with E-state index in [9.17, 15) is 14.9 Å². The lowest BCUT2D eigenvalue weighted by atomic mass is 10.2. The van der Waals surface area contributed by atoms with Gasteiger partial charge < -0.3 is 14.6 Å². The number of aromatic carboxylic acids is 1. The molecule has 0 atom stereocenters. The van der Waals surface area contributed by atoms with Crippen molar-refractivity contribution < 1.29 is 24.3 Å². The molecule has 0 heterocycles. The Morgan fingerprint density at radius 2 is 1.86 bits per heavy atom. The van der Waals surface area contributed by atoms with Crippen molar-refractivity contribution in [2.45, 2.75) is 0 Å². The SMILES string of the molecule is COc1cc(C(=O)O)ccc1Oc1ccc(Cl)cc1[N+](=O)[O-]. The van der Waals surface area contributed by atoms with Gasteiger partial charge in [-0.25, -0.2) is 4.79 Å². The van der Waals surface area contributed by atoms with Gasteiger partial charge in [0, 0.05) is 11.1 Å². The number of benzene rings is 2. The third kappa shape index (κ3) is 3.26. The van der Waals surface area contributed by atoms with Crippen molar-refractivity contribution in [2.24, 2.45) is 0 Å². The van der Waals surface area contributed by atoms with Gasteiger partial charge in [-0.15, -0.1) is 0 Å². The average molecular weight is 324 g/mol. The van der Waals surface area contributed by atoms with Crippen molar-refractivity contribution in [3.63, 3.8) is 0 Å². The molecule has 2 rings (SSSR count). The first-order chi connectivity index (χ1) is 10.4. The van der Waals surface area contributed by atoms with Crippen LogP contribution in [0.2, 0.25) is 5.02 Å². The Labute approximate surface area is 129 Å². The molecule has 0 aromatic heterocycles. The fourth-order valence-corrected chi connectivity index (χ4v) is 1.89. The molecule has 0 amide bonds. The fraction of sp³-hybridized carbons (Fsp3) is 0.0714. The summed E-state index contributed by atoms with van der Waals surface area (Å²) < 4.78 is 10.5. The van der Waals surface area contributed by atoms with Crippen LogP contribution in [0, 0.1) is 10.1 Å². The summed E-state index contributed by atoms with van der Waals surface area (Å²) in [7, 11) is 1.34. The summed E-state index contributed by atoms with van der Waals surface area (Å²) in [5, 5.41) is 20.2. The van der Waals surface area contributed by atoms with E-state index in [-0.39, 0.29) is 33.5 Å². The zero-order valence-corrected chi connectivity index (χ0v) is 12.0. The Morgan fingerprint density at radius 1 is 1.18 bits per heavy atom. The molecule has 22 heavy (non-hydrogen) atoms. The zero-order chi connectivity index (χ0) is 16.3. The number of carbonyl (C=O) groups is 1. The predicted octanol–water partition coefficient (Wildman–Crippen LogP) is 3.75. The van der Waals surface area contributed by atoms with Gasteiger partial charge >= 0.3 is 11.7 Å². The quantitative estimate of drug-likeness (QED) is 0.664. The number of hydrogen-bond acceptors (Lipinski definition) is 5. The van der Waals surface area contributed by atoms with Crippen LogP contribution in [0.5, 0.6) is 17.2 Å². The third-order valence-electron chi connectivity index (χ3n) is 2.75. The molecule has 2 aromatic carbocycles. The summed E-state index contributed by atoms with van der Waals surface area (Å²) in [6.07, 6.45) is 0. The molecule has 0 radical (unpaired) electrons. The maximum absolute atomic E-state index is 11.0. The van der Waals surface area contributed by atoms with Crippen molar-refractivity contribution in [2.75, 3.05) is 7.11 Å². The summed E-state index contributed by atoms with van der Waals surface area (Å²) in [6, 6.07) is 7.89. The Balaban J connectivity index is 2.43. The molecular formula is C14H10ClNO6. The van der Waals surface area contributed by atoms with Gasteiger partial charge in [0.1, 0.15) is 0 Å². The molecule has 0 fully saturated rings. The molecular weight excluding hydrogens is 314 g/mol. The van der Waals surface area contributed by atoms with Gasteiger partial charge in [-0.1, -0.05) is 11.6 Å². The van der Waals surface area contributed by atoms with E-state index >= 15 is 0 Å². The molecule has 2 aromatic rings. The number of hydrogen-bond donors (Lipinski definition) is 1. The van der Waals surface area contributed by atoms with E-state index in [1.807, 2.05) is 0 Å². The predicted molar refractivity (Wildman–Crippen MR) is 78.1 cm³/mol. The van der Waals surface area contributed by atoms with Gasteiger partial charge in [0.15, 0.2) is 11.5 Å². The van der Waals surface area contributed by atoms with E-state index in [0.29, 0.717) is 0 Å². The number of ether oxygens (including phenoxy) is 2. The van der Waals surface area contributed by atoms with Crippen LogP contribution in [0.15, 0.2) is 36.4 Å². The molecule has 0 bridgehead atoms. The van der Waals surface area contributed by atoms with Crippen molar-refractivity contribution in [1.29, 1.82) is 0 Å². The first-order valence-electron chi connectivity index (χ1n) is 5.95. The molecule has 0 aliphatic heterocycles. The van der Waals surface area contributed by atoms with Crippen LogP contribution in [-0.4, -0.2) is 23.1 Å². The highest BCUT2D eigenvalue weighted by molar-refractivity contribution is 6.30. The van der Waals surface area contributed by atoms with E-state index in [2.05, 4.69) is 0 Å². The lowest BCUT2D eigenvalue weighted by Crippen LogP contribution is -1.99. The van der Waals surface area contributed by atoms with E-state index in [1.165, 1.54) is 37.4 Å². The zero-order valence-electron chi connectivity index (χ0n) is 11.3. The van der Waals surface area contributed by atoms with Gasteiger partial charge in [0.2, 0.25) is 5.75 Å². The van der Waals surface area contributed by atoms with E-state index < -0.39 is 10.9 Å². The molecule has 0 aliphatic carbocycles. The molecule has 1 N–H and O–H groups in total. The van der Waals surface area contributed by atoms with Crippen LogP contribution >= 0.6 is 11.6 Å². The lowest BCUT2D eigenvalue weighted by Gasteiger charge is -2.11. The first-order valence-corrected chi connectivity index (χ1v) is 6.33. The molecule has 8 heteroatoms. The topological polar surface area (TPSA) is 98.9 Å². The molecule has 0 spiro atoms. The summed E-state index contributed by atoms with van der Waals surface area (Å²) >= 11 is 5.73. The van der Waals surface area contributed by atoms with Crippen LogP contribution in [0.4, 0.5) is 5.69 Å². The Morgan fingerprint density at radius 3 is 2.45 bits per heavy atom.